The smallest absolute Gasteiger partial charge is 0.261 e. The molecule has 1 aliphatic heterocycles. The second kappa shape index (κ2) is 8.45. The van der Waals surface area contributed by atoms with Crippen molar-refractivity contribution in [1.29, 1.82) is 0 Å². The number of rotatable bonds is 8. The lowest BCUT2D eigenvalue weighted by atomic mass is 10.0. The topological polar surface area (TPSA) is 116 Å². The molecule has 0 saturated heterocycles. The Morgan fingerprint density at radius 2 is 1.83 bits per heavy atom. The maximum atomic E-state index is 13.0. The van der Waals surface area contributed by atoms with E-state index in [0.29, 0.717) is 29.2 Å². The van der Waals surface area contributed by atoms with E-state index in [9.17, 15) is 18.0 Å². The fraction of sp³-hybridized carbons (Fsp3) is 0.333. The molecule has 0 spiro atoms. The summed E-state index contributed by atoms with van der Waals surface area (Å²) in [5.74, 6) is -0.221. The molecular formula is C21H24N2O6S. The van der Waals surface area contributed by atoms with Crippen molar-refractivity contribution >= 4 is 21.7 Å². The van der Waals surface area contributed by atoms with Gasteiger partial charge in [-0.3, -0.25) is 14.5 Å². The number of fused-ring (bicyclic) bond motifs is 1. The molecule has 2 aromatic carbocycles. The minimum absolute atomic E-state index is 0.0989. The van der Waals surface area contributed by atoms with Gasteiger partial charge in [0.1, 0.15) is 5.25 Å². The number of hydrogen-bond donors (Lipinski definition) is 1. The van der Waals surface area contributed by atoms with Crippen molar-refractivity contribution in [3.8, 4) is 11.5 Å². The highest BCUT2D eigenvalue weighted by Gasteiger charge is 2.40. The van der Waals surface area contributed by atoms with Crippen LogP contribution in [0.5, 0.6) is 11.5 Å². The van der Waals surface area contributed by atoms with Gasteiger partial charge in [0.2, 0.25) is 0 Å². The number of sulfone groups is 1. The van der Waals surface area contributed by atoms with Crippen LogP contribution in [0.3, 0.4) is 0 Å². The number of nitrogens with zero attached hydrogens (tertiary/aromatic N) is 1. The number of imide groups is 1. The lowest BCUT2D eigenvalue weighted by Crippen LogP contribution is -2.36. The number of benzene rings is 2. The number of carbonyl (C=O) groups is 2. The number of carbonyl (C=O) groups excluding carboxylic acids is 2. The SMILES string of the molecule is CCOc1cc(C(CN2C(=O)c3cccc(CN)c3C2=O)S(C)(=O)=O)ccc1OC. The molecule has 9 heteroatoms. The van der Waals surface area contributed by atoms with E-state index in [1.54, 1.807) is 43.3 Å². The Labute approximate surface area is 175 Å². The maximum Gasteiger partial charge on any atom is 0.261 e. The summed E-state index contributed by atoms with van der Waals surface area (Å²) in [4.78, 5) is 26.8. The minimum Gasteiger partial charge on any atom is -0.493 e. The molecule has 0 bridgehead atoms. The van der Waals surface area contributed by atoms with E-state index in [1.165, 1.54) is 7.11 Å². The predicted molar refractivity (Wildman–Crippen MR) is 111 cm³/mol. The molecule has 30 heavy (non-hydrogen) atoms. The van der Waals surface area contributed by atoms with E-state index in [0.717, 1.165) is 11.2 Å². The number of nitrogens with two attached hydrogens (primary N) is 1. The highest BCUT2D eigenvalue weighted by molar-refractivity contribution is 7.91. The Morgan fingerprint density at radius 1 is 1.10 bits per heavy atom. The van der Waals surface area contributed by atoms with Crippen LogP contribution in [0, 0.1) is 0 Å². The number of ether oxygens (including phenoxy) is 2. The van der Waals surface area contributed by atoms with E-state index >= 15 is 0 Å². The van der Waals surface area contributed by atoms with E-state index in [2.05, 4.69) is 0 Å². The second-order valence-corrected chi connectivity index (χ2v) is 9.15. The quantitative estimate of drug-likeness (QED) is 0.634. The molecule has 0 aromatic heterocycles. The predicted octanol–water partition coefficient (Wildman–Crippen LogP) is 1.93. The molecule has 8 nitrogen and oxygen atoms in total. The third kappa shape index (κ3) is 3.90. The van der Waals surface area contributed by atoms with Crippen LogP contribution in [0.4, 0.5) is 0 Å². The van der Waals surface area contributed by atoms with Gasteiger partial charge in [-0.2, -0.15) is 0 Å². The first-order chi connectivity index (χ1) is 14.2. The van der Waals surface area contributed by atoms with Gasteiger partial charge < -0.3 is 15.2 Å². The lowest BCUT2D eigenvalue weighted by molar-refractivity contribution is 0.0654. The molecule has 0 aliphatic carbocycles. The van der Waals surface area contributed by atoms with Gasteiger partial charge in [0.05, 0.1) is 31.4 Å². The zero-order valence-corrected chi connectivity index (χ0v) is 17.9. The van der Waals surface area contributed by atoms with Crippen LogP contribution in [0.15, 0.2) is 36.4 Å². The van der Waals surface area contributed by atoms with Crippen molar-refractivity contribution in [2.24, 2.45) is 5.73 Å². The molecule has 0 saturated carbocycles. The molecule has 0 radical (unpaired) electrons. The van der Waals surface area contributed by atoms with Gasteiger partial charge in [0.15, 0.2) is 21.3 Å². The molecule has 1 aliphatic rings. The Morgan fingerprint density at radius 3 is 2.43 bits per heavy atom. The minimum atomic E-state index is -3.67. The van der Waals surface area contributed by atoms with Crippen LogP contribution in [0.25, 0.3) is 0 Å². The monoisotopic (exact) mass is 432 g/mol. The summed E-state index contributed by atoms with van der Waals surface area (Å²) in [7, 11) is -2.19. The fourth-order valence-electron chi connectivity index (χ4n) is 3.56. The summed E-state index contributed by atoms with van der Waals surface area (Å²) in [6, 6.07) is 9.65. The molecule has 1 unspecified atom stereocenters. The van der Waals surface area contributed by atoms with Crippen molar-refractivity contribution in [2.75, 3.05) is 26.5 Å². The normalized spacial score (nSPS) is 14.6. The number of hydrogen-bond acceptors (Lipinski definition) is 7. The van der Waals surface area contributed by atoms with Crippen LogP contribution in [0.2, 0.25) is 0 Å². The molecular weight excluding hydrogens is 408 g/mol. The summed E-state index contributed by atoms with van der Waals surface area (Å²) in [6.07, 6.45) is 1.08. The van der Waals surface area contributed by atoms with Crippen molar-refractivity contribution < 1.29 is 27.5 Å². The van der Waals surface area contributed by atoms with E-state index < -0.39 is 26.9 Å². The van der Waals surface area contributed by atoms with E-state index in [-0.39, 0.29) is 24.2 Å². The second-order valence-electron chi connectivity index (χ2n) is 6.93. The van der Waals surface area contributed by atoms with Crippen molar-refractivity contribution in [3.05, 3.63) is 58.7 Å². The average molecular weight is 432 g/mol. The summed E-state index contributed by atoms with van der Waals surface area (Å²) >= 11 is 0. The number of amides is 2. The van der Waals surface area contributed by atoms with Crippen LogP contribution in [-0.4, -0.2) is 51.6 Å². The molecule has 2 aromatic rings. The van der Waals surface area contributed by atoms with Crippen molar-refractivity contribution in [1.82, 2.24) is 4.90 Å². The Bertz CT molecular complexity index is 1100. The summed E-state index contributed by atoms with van der Waals surface area (Å²) in [5.41, 5.74) is 7.13. The van der Waals surface area contributed by atoms with Crippen LogP contribution in [0.1, 0.15) is 44.0 Å². The van der Waals surface area contributed by atoms with Gasteiger partial charge in [0, 0.05) is 12.8 Å². The number of methoxy groups -OCH3 is 1. The third-order valence-electron chi connectivity index (χ3n) is 5.03. The first-order valence-corrected chi connectivity index (χ1v) is 11.4. The Kier molecular flexibility index (Phi) is 6.14. The van der Waals surface area contributed by atoms with Gasteiger partial charge in [-0.05, 0) is 36.2 Å². The van der Waals surface area contributed by atoms with Gasteiger partial charge in [-0.25, -0.2) is 8.42 Å². The van der Waals surface area contributed by atoms with E-state index in [4.69, 9.17) is 15.2 Å². The Hall–Kier alpha value is -2.91. The fourth-order valence-corrected chi connectivity index (χ4v) is 4.62. The van der Waals surface area contributed by atoms with Crippen molar-refractivity contribution in [3.63, 3.8) is 0 Å². The van der Waals surface area contributed by atoms with Gasteiger partial charge in [0.25, 0.3) is 11.8 Å². The largest absolute Gasteiger partial charge is 0.493 e. The van der Waals surface area contributed by atoms with Gasteiger partial charge in [-0.1, -0.05) is 18.2 Å². The summed E-state index contributed by atoms with van der Waals surface area (Å²) < 4.78 is 36.0. The highest BCUT2D eigenvalue weighted by atomic mass is 32.2. The average Bonchev–Trinajstić information content (AvgIpc) is 2.96. The Balaban J connectivity index is 2.01. The first-order valence-electron chi connectivity index (χ1n) is 9.40. The van der Waals surface area contributed by atoms with E-state index in [1.807, 2.05) is 0 Å². The molecule has 2 amide bonds. The van der Waals surface area contributed by atoms with Crippen LogP contribution in [-0.2, 0) is 16.4 Å². The molecule has 3 rings (SSSR count). The first kappa shape index (κ1) is 21.8. The van der Waals surface area contributed by atoms with Gasteiger partial charge in [-0.15, -0.1) is 0 Å². The summed E-state index contributed by atoms with van der Waals surface area (Å²) in [5, 5.41) is -1.12. The van der Waals surface area contributed by atoms with Crippen LogP contribution >= 0.6 is 0 Å². The summed E-state index contributed by atoms with van der Waals surface area (Å²) in [6.45, 7) is 1.95. The lowest BCUT2D eigenvalue weighted by Gasteiger charge is -2.22. The molecule has 1 heterocycles. The molecule has 160 valence electrons. The maximum absolute atomic E-state index is 13.0. The molecule has 1 atom stereocenters. The van der Waals surface area contributed by atoms with Crippen LogP contribution < -0.4 is 15.2 Å². The standard InChI is InChI=1S/C21H24N2O6S/c1-4-29-17-10-13(8-9-16(17)28-2)18(30(3,26)27)12-23-20(24)15-7-5-6-14(11-22)19(15)21(23)25/h5-10,18H,4,11-12,22H2,1-3H3. The third-order valence-corrected chi connectivity index (χ3v) is 6.48. The zero-order chi connectivity index (χ0) is 22.1. The van der Waals surface area contributed by atoms with Gasteiger partial charge >= 0.3 is 0 Å². The molecule has 0 fully saturated rings. The molecule has 2 N–H and O–H groups in total. The van der Waals surface area contributed by atoms with Crippen molar-refractivity contribution in [2.45, 2.75) is 18.7 Å². The zero-order valence-electron chi connectivity index (χ0n) is 17.0. The highest BCUT2D eigenvalue weighted by Crippen LogP contribution is 2.35.